The van der Waals surface area contributed by atoms with E-state index in [-0.39, 0.29) is 36.0 Å². The zero-order chi connectivity index (χ0) is 18.8. The predicted octanol–water partition coefficient (Wildman–Crippen LogP) is 3.38. The minimum absolute atomic E-state index is 0. The molecule has 1 aliphatic heterocycles. The Morgan fingerprint density at radius 2 is 2.21 bits per heavy atom. The lowest BCUT2D eigenvalue weighted by Gasteiger charge is -2.23. The lowest BCUT2D eigenvalue weighted by molar-refractivity contribution is 0.0724. The first-order valence-electron chi connectivity index (χ1n) is 8.90. The number of amides is 1. The average molecular weight is 422 g/mol. The van der Waals surface area contributed by atoms with E-state index >= 15 is 0 Å². The van der Waals surface area contributed by atoms with Crippen LogP contribution in [0.25, 0.3) is 16.4 Å². The second-order valence-electron chi connectivity index (χ2n) is 6.48. The Morgan fingerprint density at radius 3 is 2.93 bits per heavy atom. The van der Waals surface area contributed by atoms with E-state index in [1.165, 1.54) is 23.5 Å². The Morgan fingerprint density at radius 1 is 1.36 bits per heavy atom. The summed E-state index contributed by atoms with van der Waals surface area (Å²) in [5.41, 5.74) is 0.540. The molecule has 1 aliphatic rings. The van der Waals surface area contributed by atoms with E-state index in [1.807, 2.05) is 29.5 Å². The van der Waals surface area contributed by atoms with Gasteiger partial charge >= 0.3 is 0 Å². The average Bonchev–Trinajstić information content (AvgIpc) is 3.41. The first kappa shape index (κ1) is 20.4. The zero-order valence-electron chi connectivity index (χ0n) is 15.3. The largest absolute Gasteiger partial charge is 0.332 e. The van der Waals surface area contributed by atoms with E-state index in [2.05, 4.69) is 15.4 Å². The number of halogens is 2. The molecule has 1 unspecified atom stereocenters. The fourth-order valence-corrected chi connectivity index (χ4v) is 4.13. The van der Waals surface area contributed by atoms with Gasteiger partial charge in [0.25, 0.3) is 5.91 Å². The van der Waals surface area contributed by atoms with Gasteiger partial charge in [-0.2, -0.15) is 0 Å². The summed E-state index contributed by atoms with van der Waals surface area (Å²) in [5.74, 6) is 0.149. The number of benzene rings is 1. The molecule has 28 heavy (non-hydrogen) atoms. The molecule has 1 fully saturated rings. The molecular formula is C19H21ClFN5OS. The van der Waals surface area contributed by atoms with Gasteiger partial charge in [-0.1, -0.05) is 12.1 Å². The third kappa shape index (κ3) is 3.94. The molecule has 0 aliphatic carbocycles. The van der Waals surface area contributed by atoms with Gasteiger partial charge in [-0.25, -0.2) is 14.1 Å². The molecule has 0 spiro atoms. The zero-order valence-corrected chi connectivity index (χ0v) is 17.0. The number of rotatable bonds is 5. The van der Waals surface area contributed by atoms with E-state index in [0.29, 0.717) is 18.1 Å². The third-order valence-corrected chi connectivity index (χ3v) is 5.54. The Kier molecular flexibility index (Phi) is 6.43. The molecular weight excluding hydrogens is 401 g/mol. The Labute approximate surface area is 172 Å². The minimum atomic E-state index is -0.360. The van der Waals surface area contributed by atoms with Crippen LogP contribution in [0.15, 0.2) is 41.8 Å². The van der Waals surface area contributed by atoms with Crippen molar-refractivity contribution in [2.75, 3.05) is 20.1 Å². The summed E-state index contributed by atoms with van der Waals surface area (Å²) in [6.45, 7) is 1.45. The molecule has 3 heterocycles. The van der Waals surface area contributed by atoms with Crippen molar-refractivity contribution in [2.45, 2.75) is 18.9 Å². The smallest absolute Gasteiger partial charge is 0.293 e. The molecule has 0 bridgehead atoms. The SMILES string of the molecule is CNCC1CCCN1C(=O)c1nc(-c2cccs2)n(-c2cccc(F)c2)n1.Cl. The number of likely N-dealkylation sites (tertiary alicyclic amines) is 1. The molecule has 148 valence electrons. The second kappa shape index (κ2) is 8.81. The number of likely N-dealkylation sites (N-methyl/N-ethyl adjacent to an activating group) is 1. The maximum absolute atomic E-state index is 13.7. The highest BCUT2D eigenvalue weighted by Gasteiger charge is 2.32. The molecule has 0 saturated carbocycles. The van der Waals surface area contributed by atoms with Gasteiger partial charge in [0, 0.05) is 19.1 Å². The molecule has 1 amide bonds. The third-order valence-electron chi connectivity index (χ3n) is 4.67. The van der Waals surface area contributed by atoms with Crippen LogP contribution in [-0.2, 0) is 0 Å². The number of carbonyl (C=O) groups is 1. The summed E-state index contributed by atoms with van der Waals surface area (Å²) >= 11 is 1.50. The van der Waals surface area contributed by atoms with Gasteiger partial charge in [0.2, 0.25) is 5.82 Å². The van der Waals surface area contributed by atoms with Crippen molar-refractivity contribution in [1.29, 1.82) is 0 Å². The highest BCUT2D eigenvalue weighted by atomic mass is 35.5. The first-order chi connectivity index (χ1) is 13.2. The van der Waals surface area contributed by atoms with Crippen molar-refractivity contribution in [1.82, 2.24) is 25.0 Å². The topological polar surface area (TPSA) is 63.1 Å². The van der Waals surface area contributed by atoms with Gasteiger partial charge in [0.15, 0.2) is 5.82 Å². The fraction of sp³-hybridized carbons (Fsp3) is 0.316. The molecule has 3 aromatic rings. The highest BCUT2D eigenvalue weighted by molar-refractivity contribution is 7.13. The van der Waals surface area contributed by atoms with Crippen molar-refractivity contribution >= 4 is 29.7 Å². The van der Waals surface area contributed by atoms with Crippen molar-refractivity contribution in [3.05, 3.63) is 53.4 Å². The van der Waals surface area contributed by atoms with Crippen molar-refractivity contribution in [2.24, 2.45) is 0 Å². The molecule has 4 rings (SSSR count). The summed E-state index contributed by atoms with van der Waals surface area (Å²) in [6.07, 6.45) is 1.94. The van der Waals surface area contributed by atoms with E-state index in [1.54, 1.807) is 16.8 Å². The predicted molar refractivity (Wildman–Crippen MR) is 110 cm³/mol. The summed E-state index contributed by atoms with van der Waals surface area (Å²) in [4.78, 5) is 20.3. The molecule has 1 atom stereocenters. The van der Waals surface area contributed by atoms with Crippen LogP contribution in [0.4, 0.5) is 4.39 Å². The maximum atomic E-state index is 13.7. The van der Waals surface area contributed by atoms with Gasteiger partial charge in [-0.3, -0.25) is 4.79 Å². The molecule has 1 aromatic carbocycles. The van der Waals surface area contributed by atoms with Crippen LogP contribution < -0.4 is 5.32 Å². The van der Waals surface area contributed by atoms with Crippen LogP contribution >= 0.6 is 23.7 Å². The molecule has 6 nitrogen and oxygen atoms in total. The number of nitrogens with zero attached hydrogens (tertiary/aromatic N) is 4. The monoisotopic (exact) mass is 421 g/mol. The van der Waals surface area contributed by atoms with Crippen molar-refractivity contribution in [3.63, 3.8) is 0 Å². The summed E-state index contributed by atoms with van der Waals surface area (Å²) < 4.78 is 15.3. The number of thiophene rings is 1. The van der Waals surface area contributed by atoms with Crippen LogP contribution in [0.3, 0.4) is 0 Å². The molecule has 1 N–H and O–H groups in total. The minimum Gasteiger partial charge on any atom is -0.332 e. The van der Waals surface area contributed by atoms with Gasteiger partial charge in [0.05, 0.1) is 10.6 Å². The van der Waals surface area contributed by atoms with Gasteiger partial charge < -0.3 is 10.2 Å². The number of aromatic nitrogens is 3. The van der Waals surface area contributed by atoms with Crippen LogP contribution in [0.1, 0.15) is 23.5 Å². The summed E-state index contributed by atoms with van der Waals surface area (Å²) in [6, 6.07) is 10.1. The van der Waals surface area contributed by atoms with E-state index in [4.69, 9.17) is 0 Å². The van der Waals surface area contributed by atoms with E-state index in [0.717, 1.165) is 24.3 Å². The highest BCUT2D eigenvalue weighted by Crippen LogP contribution is 2.27. The van der Waals surface area contributed by atoms with Gasteiger partial charge in [-0.15, -0.1) is 28.8 Å². The molecule has 9 heteroatoms. The summed E-state index contributed by atoms with van der Waals surface area (Å²) in [5, 5.41) is 9.52. The van der Waals surface area contributed by atoms with Crippen molar-refractivity contribution in [3.8, 4) is 16.4 Å². The maximum Gasteiger partial charge on any atom is 0.293 e. The van der Waals surface area contributed by atoms with Gasteiger partial charge in [0.1, 0.15) is 5.82 Å². The quantitative estimate of drug-likeness (QED) is 0.686. The van der Waals surface area contributed by atoms with E-state index in [9.17, 15) is 9.18 Å². The van der Waals surface area contributed by atoms with E-state index < -0.39 is 0 Å². The van der Waals surface area contributed by atoms with Gasteiger partial charge in [-0.05, 0) is 49.5 Å². The number of hydrogen-bond donors (Lipinski definition) is 1. The molecule has 2 aromatic heterocycles. The Bertz CT molecular complexity index is 946. The number of carbonyl (C=O) groups excluding carboxylic acids is 1. The van der Waals surface area contributed by atoms with Crippen LogP contribution in [-0.4, -0.2) is 51.8 Å². The van der Waals surface area contributed by atoms with Crippen LogP contribution in [0.2, 0.25) is 0 Å². The van der Waals surface area contributed by atoms with Crippen LogP contribution in [0.5, 0.6) is 0 Å². The Hall–Kier alpha value is -2.29. The normalized spacial score (nSPS) is 16.2. The number of hydrogen-bond acceptors (Lipinski definition) is 5. The Balaban J connectivity index is 0.00000225. The summed E-state index contributed by atoms with van der Waals surface area (Å²) in [7, 11) is 1.88. The lowest BCUT2D eigenvalue weighted by Crippen LogP contribution is -2.41. The molecule has 0 radical (unpaired) electrons. The standard InChI is InChI=1S/C19H20FN5OS.ClH/c1-21-12-15-7-3-9-24(15)19(26)17-22-18(16-8-4-10-27-16)25(23-17)14-6-2-5-13(20)11-14;/h2,4-6,8,10-11,15,21H,3,7,9,12H2,1H3;1H. The first-order valence-corrected chi connectivity index (χ1v) is 9.78. The molecule has 1 saturated heterocycles. The second-order valence-corrected chi connectivity index (χ2v) is 7.43. The lowest BCUT2D eigenvalue weighted by atomic mass is 10.2. The van der Waals surface area contributed by atoms with Crippen LogP contribution in [0, 0.1) is 5.82 Å². The number of nitrogens with one attached hydrogen (secondary N) is 1. The van der Waals surface area contributed by atoms with Crippen molar-refractivity contribution < 1.29 is 9.18 Å². The fourth-order valence-electron chi connectivity index (χ4n) is 3.44.